The second-order valence-corrected chi connectivity index (χ2v) is 7.28. The second-order valence-electron chi connectivity index (χ2n) is 7.28. The minimum absolute atomic E-state index is 0.139. The number of aromatic nitrogens is 2. The number of halogens is 1. The Morgan fingerprint density at radius 3 is 2.76 bits per heavy atom. The van der Waals surface area contributed by atoms with E-state index in [1.165, 1.54) is 23.3 Å². The van der Waals surface area contributed by atoms with Crippen LogP contribution in [0.15, 0.2) is 67.0 Å². The van der Waals surface area contributed by atoms with Gasteiger partial charge in [-0.15, -0.1) is 0 Å². The molecule has 0 aliphatic carbocycles. The molecule has 0 saturated heterocycles. The highest BCUT2D eigenvalue weighted by Crippen LogP contribution is 2.23. The predicted molar refractivity (Wildman–Crippen MR) is 112 cm³/mol. The molecule has 2 aromatic carbocycles. The van der Waals surface area contributed by atoms with Crippen molar-refractivity contribution in [1.82, 2.24) is 14.7 Å². The molecule has 1 aromatic heterocycles. The number of amides is 1. The molecule has 0 saturated carbocycles. The molecule has 6 heteroatoms. The van der Waals surface area contributed by atoms with Crippen LogP contribution in [0.4, 0.5) is 10.1 Å². The summed E-state index contributed by atoms with van der Waals surface area (Å²) in [5.74, 6) is -0.501. The summed E-state index contributed by atoms with van der Waals surface area (Å²) in [4.78, 5) is 14.3. The number of carbonyl (C=O) groups is 1. The highest BCUT2D eigenvalue weighted by atomic mass is 19.1. The fourth-order valence-electron chi connectivity index (χ4n) is 3.41. The SMILES string of the molecule is Cc1ccc(-n2cc(C3=CCN(CC(=O)Nc4cccc(F)c4)CC3)cn2)cc1. The molecule has 4 rings (SSSR count). The molecule has 3 aromatic rings. The summed E-state index contributed by atoms with van der Waals surface area (Å²) >= 11 is 0. The molecule has 1 aliphatic rings. The van der Waals surface area contributed by atoms with E-state index in [4.69, 9.17) is 0 Å². The monoisotopic (exact) mass is 390 g/mol. The van der Waals surface area contributed by atoms with Crippen molar-refractivity contribution >= 4 is 17.2 Å². The standard InChI is InChI=1S/C23H23FN4O/c1-17-5-7-22(8-6-17)28-15-19(14-25-28)18-9-11-27(12-10-18)16-23(29)26-21-4-2-3-20(24)13-21/h2-9,13-15H,10-12,16H2,1H3,(H,26,29). The molecule has 1 amide bonds. The number of nitrogens with one attached hydrogen (secondary N) is 1. The number of hydrogen-bond acceptors (Lipinski definition) is 3. The topological polar surface area (TPSA) is 50.2 Å². The third kappa shape index (κ3) is 4.78. The maximum Gasteiger partial charge on any atom is 0.238 e. The zero-order valence-electron chi connectivity index (χ0n) is 16.3. The Bertz CT molecular complexity index is 1040. The Kier molecular flexibility index (Phi) is 5.53. The third-order valence-electron chi connectivity index (χ3n) is 5.02. The summed E-state index contributed by atoms with van der Waals surface area (Å²) in [6.07, 6.45) is 6.93. The van der Waals surface area contributed by atoms with E-state index in [0.717, 1.165) is 24.2 Å². The van der Waals surface area contributed by atoms with E-state index in [2.05, 4.69) is 52.6 Å². The Morgan fingerprint density at radius 2 is 2.03 bits per heavy atom. The van der Waals surface area contributed by atoms with Gasteiger partial charge in [0.05, 0.1) is 18.4 Å². The molecular formula is C23H23FN4O. The molecule has 148 valence electrons. The number of benzene rings is 2. The Morgan fingerprint density at radius 1 is 1.21 bits per heavy atom. The lowest BCUT2D eigenvalue weighted by Gasteiger charge is -2.25. The maximum absolute atomic E-state index is 13.2. The molecule has 1 N–H and O–H groups in total. The molecule has 0 atom stereocenters. The molecule has 5 nitrogen and oxygen atoms in total. The summed E-state index contributed by atoms with van der Waals surface area (Å²) in [7, 11) is 0. The number of nitrogens with zero attached hydrogens (tertiary/aromatic N) is 3. The van der Waals surface area contributed by atoms with Crippen molar-refractivity contribution in [3.63, 3.8) is 0 Å². The van der Waals surface area contributed by atoms with Crippen molar-refractivity contribution in [2.75, 3.05) is 25.0 Å². The second kappa shape index (κ2) is 8.41. The van der Waals surface area contributed by atoms with Gasteiger partial charge in [0, 0.05) is 30.5 Å². The van der Waals surface area contributed by atoms with Gasteiger partial charge in [0.15, 0.2) is 0 Å². The van der Waals surface area contributed by atoms with Crippen LogP contribution in [0.5, 0.6) is 0 Å². The first-order valence-corrected chi connectivity index (χ1v) is 9.66. The van der Waals surface area contributed by atoms with Crippen molar-refractivity contribution in [2.45, 2.75) is 13.3 Å². The van der Waals surface area contributed by atoms with Crippen molar-refractivity contribution in [2.24, 2.45) is 0 Å². The summed E-state index contributed by atoms with van der Waals surface area (Å²) in [6, 6.07) is 14.2. The minimum atomic E-state index is -0.362. The van der Waals surface area contributed by atoms with Gasteiger partial charge in [0.2, 0.25) is 5.91 Å². The first-order chi connectivity index (χ1) is 14.1. The highest BCUT2D eigenvalue weighted by molar-refractivity contribution is 5.92. The van der Waals surface area contributed by atoms with Gasteiger partial charge in [-0.1, -0.05) is 29.8 Å². The molecule has 0 unspecified atom stereocenters. The van der Waals surface area contributed by atoms with E-state index in [1.807, 2.05) is 17.1 Å². The lowest BCUT2D eigenvalue weighted by molar-refractivity contribution is -0.117. The van der Waals surface area contributed by atoms with Gasteiger partial charge >= 0.3 is 0 Å². The van der Waals surface area contributed by atoms with Crippen LogP contribution in [-0.2, 0) is 4.79 Å². The first-order valence-electron chi connectivity index (χ1n) is 9.66. The average molecular weight is 390 g/mol. The minimum Gasteiger partial charge on any atom is -0.325 e. The largest absolute Gasteiger partial charge is 0.325 e. The van der Waals surface area contributed by atoms with Crippen LogP contribution >= 0.6 is 0 Å². The first kappa shape index (κ1) is 19.1. The molecule has 0 radical (unpaired) electrons. The lowest BCUT2D eigenvalue weighted by atomic mass is 10.0. The van der Waals surface area contributed by atoms with E-state index < -0.39 is 0 Å². The van der Waals surface area contributed by atoms with Crippen molar-refractivity contribution in [3.05, 3.63) is 83.9 Å². The van der Waals surface area contributed by atoms with E-state index in [0.29, 0.717) is 12.2 Å². The van der Waals surface area contributed by atoms with Gasteiger partial charge in [0.1, 0.15) is 5.82 Å². The van der Waals surface area contributed by atoms with Crippen LogP contribution in [0.1, 0.15) is 17.5 Å². The van der Waals surface area contributed by atoms with Gasteiger partial charge in [-0.05, 0) is 49.2 Å². The Labute approximate surface area is 169 Å². The van der Waals surface area contributed by atoms with E-state index in [-0.39, 0.29) is 18.3 Å². The normalized spacial score (nSPS) is 14.5. The smallest absolute Gasteiger partial charge is 0.238 e. The van der Waals surface area contributed by atoms with Crippen LogP contribution in [0.2, 0.25) is 0 Å². The predicted octanol–water partition coefficient (Wildman–Crippen LogP) is 4.05. The van der Waals surface area contributed by atoms with Gasteiger partial charge < -0.3 is 5.32 Å². The van der Waals surface area contributed by atoms with E-state index >= 15 is 0 Å². The molecule has 2 heterocycles. The Balaban J connectivity index is 1.35. The summed E-state index contributed by atoms with van der Waals surface area (Å²) in [6.45, 7) is 3.83. The van der Waals surface area contributed by atoms with Crippen molar-refractivity contribution < 1.29 is 9.18 Å². The lowest BCUT2D eigenvalue weighted by Crippen LogP contribution is -2.36. The number of carbonyl (C=O) groups excluding carboxylic acids is 1. The average Bonchev–Trinajstić information content (AvgIpc) is 3.19. The fourth-order valence-corrected chi connectivity index (χ4v) is 3.41. The molecule has 0 bridgehead atoms. The number of aryl methyl sites for hydroxylation is 1. The third-order valence-corrected chi connectivity index (χ3v) is 5.02. The quantitative estimate of drug-likeness (QED) is 0.715. The van der Waals surface area contributed by atoms with Crippen LogP contribution in [-0.4, -0.2) is 40.2 Å². The zero-order chi connectivity index (χ0) is 20.2. The van der Waals surface area contributed by atoms with Gasteiger partial charge in [-0.2, -0.15) is 5.10 Å². The van der Waals surface area contributed by atoms with Gasteiger partial charge in [0.25, 0.3) is 0 Å². The molecule has 29 heavy (non-hydrogen) atoms. The van der Waals surface area contributed by atoms with Crippen LogP contribution in [0.3, 0.4) is 0 Å². The van der Waals surface area contributed by atoms with Gasteiger partial charge in [-0.3, -0.25) is 9.69 Å². The molecule has 0 fully saturated rings. The number of rotatable bonds is 5. The molecular weight excluding hydrogens is 367 g/mol. The molecule has 0 spiro atoms. The fraction of sp³-hybridized carbons (Fsp3) is 0.217. The Hall–Kier alpha value is -3.25. The van der Waals surface area contributed by atoms with E-state index in [1.54, 1.807) is 12.1 Å². The zero-order valence-corrected chi connectivity index (χ0v) is 16.3. The number of anilines is 1. The summed E-state index contributed by atoms with van der Waals surface area (Å²) in [5.41, 5.74) is 5.08. The van der Waals surface area contributed by atoms with Crippen LogP contribution in [0, 0.1) is 12.7 Å². The van der Waals surface area contributed by atoms with Crippen molar-refractivity contribution in [1.29, 1.82) is 0 Å². The van der Waals surface area contributed by atoms with E-state index in [9.17, 15) is 9.18 Å². The van der Waals surface area contributed by atoms with Crippen LogP contribution < -0.4 is 5.32 Å². The van der Waals surface area contributed by atoms with Crippen molar-refractivity contribution in [3.8, 4) is 5.69 Å². The summed E-state index contributed by atoms with van der Waals surface area (Å²) < 4.78 is 15.1. The highest BCUT2D eigenvalue weighted by Gasteiger charge is 2.17. The molecule has 1 aliphatic heterocycles. The van der Waals surface area contributed by atoms with Gasteiger partial charge in [-0.25, -0.2) is 9.07 Å². The maximum atomic E-state index is 13.2. The van der Waals surface area contributed by atoms with Crippen LogP contribution in [0.25, 0.3) is 11.3 Å². The summed E-state index contributed by atoms with van der Waals surface area (Å²) in [5, 5.41) is 7.22. The number of hydrogen-bond donors (Lipinski definition) is 1.